The fourth-order valence-electron chi connectivity index (χ4n) is 2.32. The molecule has 0 aliphatic heterocycles. The van der Waals surface area contributed by atoms with Gasteiger partial charge in [0.2, 0.25) is 0 Å². The highest BCUT2D eigenvalue weighted by atomic mass is 35.5. The monoisotopic (exact) mass is 408 g/mol. The first-order valence-electron chi connectivity index (χ1n) is 8.64. The number of benzene rings is 2. The lowest BCUT2D eigenvalue weighted by molar-refractivity contribution is 0.0955. The Hall–Kier alpha value is -2.24. The van der Waals surface area contributed by atoms with Crippen LogP contribution < -0.4 is 14.9 Å². The molecule has 0 saturated heterocycles. The largest absolute Gasteiger partial charge is 0.493 e. The van der Waals surface area contributed by atoms with E-state index in [1.165, 1.54) is 12.3 Å². The molecular weight excluding hydrogens is 387 g/mol. The summed E-state index contributed by atoms with van der Waals surface area (Å²) in [7, 11) is 1.58. The molecule has 0 aliphatic rings. The summed E-state index contributed by atoms with van der Waals surface area (Å²) in [5.41, 5.74) is 3.50. The van der Waals surface area contributed by atoms with Gasteiger partial charge >= 0.3 is 0 Å². The summed E-state index contributed by atoms with van der Waals surface area (Å²) in [5, 5.41) is 4.69. The van der Waals surface area contributed by atoms with E-state index in [2.05, 4.69) is 17.5 Å². The summed E-state index contributed by atoms with van der Waals surface area (Å²) in [6.45, 7) is 2.80. The standard InChI is InChI=1S/C20H22Cl2N2O3/c1-3-4-5-10-27-18-9-6-14(11-19(18)26-2)13-23-24-20(25)16-8-7-15(21)12-17(16)22/h6-9,11-13H,3-5,10H2,1-2H3,(H,24,25)/b23-13+. The number of nitrogens with zero attached hydrogens (tertiary/aromatic N) is 1. The maximum atomic E-state index is 12.1. The van der Waals surface area contributed by atoms with E-state index < -0.39 is 5.91 Å². The molecule has 2 aromatic rings. The van der Waals surface area contributed by atoms with Gasteiger partial charge in [-0.05, 0) is 48.4 Å². The van der Waals surface area contributed by atoms with E-state index in [4.69, 9.17) is 32.7 Å². The molecule has 5 nitrogen and oxygen atoms in total. The molecule has 0 bridgehead atoms. The number of nitrogens with one attached hydrogen (secondary N) is 1. The SMILES string of the molecule is CCCCCOc1ccc(/C=N/NC(=O)c2ccc(Cl)cc2Cl)cc1OC. The number of unbranched alkanes of at least 4 members (excludes halogenated alkanes) is 2. The Kier molecular flexibility index (Phi) is 8.43. The van der Waals surface area contributed by atoms with Crippen LogP contribution in [-0.2, 0) is 0 Å². The second-order valence-electron chi connectivity index (χ2n) is 5.79. The van der Waals surface area contributed by atoms with E-state index in [1.807, 2.05) is 12.1 Å². The van der Waals surface area contributed by atoms with Crippen LogP contribution in [0.1, 0.15) is 42.1 Å². The lowest BCUT2D eigenvalue weighted by Gasteiger charge is -2.11. The lowest BCUT2D eigenvalue weighted by atomic mass is 10.2. The topological polar surface area (TPSA) is 59.9 Å². The van der Waals surface area contributed by atoms with Gasteiger partial charge in [0.1, 0.15) is 0 Å². The summed E-state index contributed by atoms with van der Waals surface area (Å²) in [5.74, 6) is 0.876. The number of hydrazone groups is 1. The fourth-order valence-corrected chi connectivity index (χ4v) is 2.81. The zero-order chi connectivity index (χ0) is 19.6. The van der Waals surface area contributed by atoms with Crippen LogP contribution in [0.25, 0.3) is 0 Å². The van der Waals surface area contributed by atoms with E-state index in [0.717, 1.165) is 24.8 Å². The van der Waals surface area contributed by atoms with Gasteiger partial charge in [-0.2, -0.15) is 5.10 Å². The molecule has 0 fully saturated rings. The van der Waals surface area contributed by atoms with E-state index in [1.54, 1.807) is 25.3 Å². The Labute approximate surface area is 169 Å². The van der Waals surface area contributed by atoms with Crippen molar-refractivity contribution in [1.82, 2.24) is 5.43 Å². The Morgan fingerprint density at radius 1 is 1.15 bits per heavy atom. The van der Waals surface area contributed by atoms with Crippen molar-refractivity contribution in [3.63, 3.8) is 0 Å². The molecule has 1 amide bonds. The van der Waals surface area contributed by atoms with E-state index >= 15 is 0 Å². The quantitative estimate of drug-likeness (QED) is 0.346. The van der Waals surface area contributed by atoms with E-state index in [0.29, 0.717) is 28.7 Å². The molecule has 7 heteroatoms. The highest BCUT2D eigenvalue weighted by molar-refractivity contribution is 6.36. The molecule has 0 aromatic heterocycles. The first kappa shape index (κ1) is 21.1. The number of hydrogen-bond acceptors (Lipinski definition) is 4. The third-order valence-corrected chi connectivity index (χ3v) is 4.30. The summed E-state index contributed by atoms with van der Waals surface area (Å²) in [6.07, 6.45) is 4.79. The van der Waals surface area contributed by atoms with Crippen LogP contribution in [0.3, 0.4) is 0 Å². The van der Waals surface area contributed by atoms with Crippen LogP contribution in [0.5, 0.6) is 11.5 Å². The zero-order valence-electron chi connectivity index (χ0n) is 15.3. The van der Waals surface area contributed by atoms with Crippen molar-refractivity contribution in [2.24, 2.45) is 5.10 Å². The molecule has 0 radical (unpaired) electrons. The fraction of sp³-hybridized carbons (Fsp3) is 0.300. The second-order valence-corrected chi connectivity index (χ2v) is 6.63. The van der Waals surface area contributed by atoms with Crippen LogP contribution in [-0.4, -0.2) is 25.8 Å². The van der Waals surface area contributed by atoms with Gasteiger partial charge < -0.3 is 9.47 Å². The van der Waals surface area contributed by atoms with Crippen molar-refractivity contribution in [1.29, 1.82) is 0 Å². The third kappa shape index (κ3) is 6.45. The second kappa shape index (κ2) is 10.8. The number of carbonyl (C=O) groups excluding carboxylic acids is 1. The minimum atomic E-state index is -0.421. The van der Waals surface area contributed by atoms with Crippen LogP contribution in [0.2, 0.25) is 10.0 Å². The van der Waals surface area contributed by atoms with Crippen LogP contribution in [0.4, 0.5) is 0 Å². The van der Waals surface area contributed by atoms with E-state index in [9.17, 15) is 4.79 Å². The highest BCUT2D eigenvalue weighted by Crippen LogP contribution is 2.27. The minimum absolute atomic E-state index is 0.265. The zero-order valence-corrected chi connectivity index (χ0v) is 16.8. The lowest BCUT2D eigenvalue weighted by Crippen LogP contribution is -2.18. The Balaban J connectivity index is 1.98. The molecule has 0 spiro atoms. The number of methoxy groups -OCH3 is 1. The number of rotatable bonds is 9. The Morgan fingerprint density at radius 3 is 2.67 bits per heavy atom. The predicted octanol–water partition coefficient (Wildman–Crippen LogP) is 5.33. The Morgan fingerprint density at radius 2 is 1.96 bits per heavy atom. The van der Waals surface area contributed by atoms with Gasteiger partial charge in [0, 0.05) is 5.02 Å². The molecule has 2 aromatic carbocycles. The summed E-state index contributed by atoms with van der Waals surface area (Å²) in [6, 6.07) is 10.1. The molecule has 0 heterocycles. The van der Waals surface area contributed by atoms with Gasteiger partial charge in [0.15, 0.2) is 11.5 Å². The van der Waals surface area contributed by atoms with Gasteiger partial charge in [-0.15, -0.1) is 0 Å². The van der Waals surface area contributed by atoms with Gasteiger partial charge in [-0.1, -0.05) is 43.0 Å². The average molecular weight is 409 g/mol. The third-order valence-electron chi connectivity index (χ3n) is 3.75. The summed E-state index contributed by atoms with van der Waals surface area (Å²) < 4.78 is 11.1. The van der Waals surface area contributed by atoms with Crippen molar-refractivity contribution in [3.05, 3.63) is 57.6 Å². The molecule has 2 rings (SSSR count). The van der Waals surface area contributed by atoms with Gasteiger partial charge in [-0.3, -0.25) is 4.79 Å². The molecule has 144 valence electrons. The highest BCUT2D eigenvalue weighted by Gasteiger charge is 2.10. The first-order valence-corrected chi connectivity index (χ1v) is 9.40. The van der Waals surface area contributed by atoms with Gasteiger partial charge in [0.25, 0.3) is 5.91 Å². The van der Waals surface area contributed by atoms with E-state index in [-0.39, 0.29) is 5.02 Å². The predicted molar refractivity (Wildman–Crippen MR) is 110 cm³/mol. The minimum Gasteiger partial charge on any atom is -0.493 e. The molecule has 0 saturated carbocycles. The number of amides is 1. The number of hydrogen-bond donors (Lipinski definition) is 1. The smallest absolute Gasteiger partial charge is 0.272 e. The van der Waals surface area contributed by atoms with Crippen molar-refractivity contribution in [2.75, 3.05) is 13.7 Å². The average Bonchev–Trinajstić information content (AvgIpc) is 2.65. The van der Waals surface area contributed by atoms with Gasteiger partial charge in [-0.25, -0.2) is 5.43 Å². The summed E-state index contributed by atoms with van der Waals surface area (Å²) in [4.78, 5) is 12.1. The normalized spacial score (nSPS) is 10.8. The number of halogens is 2. The molecule has 0 unspecified atom stereocenters. The van der Waals surface area contributed by atoms with Crippen molar-refractivity contribution in [2.45, 2.75) is 26.2 Å². The maximum Gasteiger partial charge on any atom is 0.272 e. The van der Waals surface area contributed by atoms with Crippen LogP contribution in [0.15, 0.2) is 41.5 Å². The van der Waals surface area contributed by atoms with Crippen LogP contribution >= 0.6 is 23.2 Å². The van der Waals surface area contributed by atoms with Crippen molar-refractivity contribution in [3.8, 4) is 11.5 Å². The molecular formula is C20H22Cl2N2O3. The van der Waals surface area contributed by atoms with Crippen LogP contribution in [0, 0.1) is 0 Å². The molecule has 1 N–H and O–H groups in total. The number of carbonyl (C=O) groups is 1. The van der Waals surface area contributed by atoms with Gasteiger partial charge in [0.05, 0.1) is 30.5 Å². The molecule has 0 atom stereocenters. The molecule has 27 heavy (non-hydrogen) atoms. The molecule has 0 aliphatic carbocycles. The number of ether oxygens (including phenoxy) is 2. The maximum absolute atomic E-state index is 12.1. The summed E-state index contributed by atoms with van der Waals surface area (Å²) >= 11 is 11.8. The Bertz CT molecular complexity index is 810. The van der Waals surface area contributed by atoms with Crippen molar-refractivity contribution < 1.29 is 14.3 Å². The van der Waals surface area contributed by atoms with Crippen molar-refractivity contribution >= 4 is 35.3 Å². The first-order chi connectivity index (χ1) is 13.0.